The number of nitrogens with zero attached hydrogens (tertiary/aromatic N) is 3. The average Bonchev–Trinajstić information content (AvgIpc) is 2.96. The second-order valence-electron chi connectivity index (χ2n) is 4.61. The second kappa shape index (κ2) is 5.32. The van der Waals surface area contributed by atoms with Crippen molar-refractivity contribution in [3.05, 3.63) is 24.4 Å². The van der Waals surface area contributed by atoms with E-state index in [4.69, 9.17) is 16.0 Å². The Morgan fingerprint density at radius 3 is 2.86 bits per heavy atom. The largest absolute Gasteiger partial charge is 0.480 e. The SMILES string of the molecule is CNc1cc(-c2c[nH]c3nc(N)nc(OC)c23)ccc1N=N. The lowest BCUT2D eigenvalue weighted by Gasteiger charge is -2.08. The van der Waals surface area contributed by atoms with Gasteiger partial charge in [-0.3, -0.25) is 0 Å². The third-order valence-electron chi connectivity index (χ3n) is 3.41. The molecule has 0 aliphatic heterocycles. The van der Waals surface area contributed by atoms with Crippen LogP contribution >= 0.6 is 0 Å². The molecule has 0 fully saturated rings. The molecule has 0 spiro atoms. The van der Waals surface area contributed by atoms with Gasteiger partial charge in [-0.15, -0.1) is 0 Å². The molecule has 0 bridgehead atoms. The minimum Gasteiger partial charge on any atom is -0.480 e. The number of methoxy groups -OCH3 is 1. The van der Waals surface area contributed by atoms with Crippen LogP contribution in [-0.2, 0) is 0 Å². The highest BCUT2D eigenvalue weighted by Gasteiger charge is 2.15. The van der Waals surface area contributed by atoms with Gasteiger partial charge in [0.1, 0.15) is 11.3 Å². The van der Waals surface area contributed by atoms with Crippen LogP contribution in [0.3, 0.4) is 0 Å². The zero-order valence-electron chi connectivity index (χ0n) is 12.1. The van der Waals surface area contributed by atoms with Crippen molar-refractivity contribution in [2.75, 3.05) is 25.2 Å². The van der Waals surface area contributed by atoms with Crippen molar-refractivity contribution in [1.82, 2.24) is 15.0 Å². The summed E-state index contributed by atoms with van der Waals surface area (Å²) in [6.07, 6.45) is 1.83. The standard InChI is InChI=1S/C14H15N7O/c1-17-10-5-7(3-4-9(10)21-16)8-6-18-12-11(8)13(22-2)20-14(15)19-12/h3-6,16-17H,1-2H3,(H3,15,18,19,20). The fraction of sp³-hybridized carbons (Fsp3) is 0.143. The Balaban J connectivity index is 2.24. The van der Waals surface area contributed by atoms with Gasteiger partial charge >= 0.3 is 0 Å². The number of nitrogen functional groups attached to an aromatic ring is 1. The molecule has 3 aromatic rings. The quantitative estimate of drug-likeness (QED) is 0.551. The predicted molar refractivity (Wildman–Crippen MR) is 84.6 cm³/mol. The van der Waals surface area contributed by atoms with Crippen molar-refractivity contribution in [2.24, 2.45) is 5.11 Å². The van der Waals surface area contributed by atoms with Crippen LogP contribution < -0.4 is 15.8 Å². The van der Waals surface area contributed by atoms with E-state index in [2.05, 4.69) is 25.4 Å². The minimum absolute atomic E-state index is 0.150. The lowest BCUT2D eigenvalue weighted by atomic mass is 10.0. The summed E-state index contributed by atoms with van der Waals surface area (Å²) in [5.41, 5.74) is 16.6. The molecule has 2 heterocycles. The summed E-state index contributed by atoms with van der Waals surface area (Å²) >= 11 is 0. The molecule has 8 heteroatoms. The van der Waals surface area contributed by atoms with Crippen molar-refractivity contribution in [3.63, 3.8) is 0 Å². The molecule has 22 heavy (non-hydrogen) atoms. The van der Waals surface area contributed by atoms with Gasteiger partial charge in [-0.1, -0.05) is 6.07 Å². The zero-order valence-corrected chi connectivity index (χ0v) is 12.1. The van der Waals surface area contributed by atoms with E-state index in [1.807, 2.05) is 18.3 Å². The highest BCUT2D eigenvalue weighted by atomic mass is 16.5. The van der Waals surface area contributed by atoms with E-state index in [0.717, 1.165) is 22.2 Å². The van der Waals surface area contributed by atoms with E-state index in [-0.39, 0.29) is 5.95 Å². The Morgan fingerprint density at radius 1 is 1.36 bits per heavy atom. The number of nitrogens with two attached hydrogens (primary N) is 1. The summed E-state index contributed by atoms with van der Waals surface area (Å²) in [6, 6.07) is 5.57. The summed E-state index contributed by atoms with van der Waals surface area (Å²) in [6.45, 7) is 0. The topological polar surface area (TPSA) is 125 Å². The van der Waals surface area contributed by atoms with Gasteiger partial charge in [-0.2, -0.15) is 15.1 Å². The highest BCUT2D eigenvalue weighted by Crippen LogP contribution is 2.37. The molecule has 0 saturated carbocycles. The molecule has 0 radical (unpaired) electrons. The second-order valence-corrected chi connectivity index (χ2v) is 4.61. The van der Waals surface area contributed by atoms with Gasteiger partial charge in [0.05, 0.1) is 18.2 Å². The molecule has 0 saturated heterocycles. The Morgan fingerprint density at radius 2 is 2.18 bits per heavy atom. The van der Waals surface area contributed by atoms with Gasteiger partial charge in [-0.05, 0) is 17.7 Å². The van der Waals surface area contributed by atoms with Crippen molar-refractivity contribution in [3.8, 4) is 17.0 Å². The maximum absolute atomic E-state index is 7.18. The highest BCUT2D eigenvalue weighted by molar-refractivity contribution is 5.98. The van der Waals surface area contributed by atoms with Crippen LogP contribution in [0.25, 0.3) is 22.2 Å². The molecule has 112 valence electrons. The number of aromatic nitrogens is 3. The van der Waals surface area contributed by atoms with Gasteiger partial charge < -0.3 is 20.8 Å². The Hall–Kier alpha value is -3.16. The first-order chi connectivity index (χ1) is 10.7. The summed E-state index contributed by atoms with van der Waals surface area (Å²) in [4.78, 5) is 11.4. The number of rotatable bonds is 4. The first kappa shape index (κ1) is 13.8. The molecular formula is C14H15N7O. The maximum Gasteiger partial charge on any atom is 0.228 e. The van der Waals surface area contributed by atoms with E-state index in [1.165, 1.54) is 0 Å². The third kappa shape index (κ3) is 2.10. The third-order valence-corrected chi connectivity index (χ3v) is 3.41. The normalized spacial score (nSPS) is 10.6. The molecule has 1 aromatic carbocycles. The molecule has 0 aliphatic carbocycles. The van der Waals surface area contributed by atoms with Crippen molar-refractivity contribution >= 4 is 28.4 Å². The lowest BCUT2D eigenvalue weighted by molar-refractivity contribution is 0.403. The Labute approximate surface area is 126 Å². The van der Waals surface area contributed by atoms with E-state index in [1.54, 1.807) is 20.2 Å². The first-order valence-electron chi connectivity index (χ1n) is 6.56. The number of hydrogen-bond acceptors (Lipinski definition) is 7. The van der Waals surface area contributed by atoms with Gasteiger partial charge in [0.2, 0.25) is 11.8 Å². The number of anilines is 2. The van der Waals surface area contributed by atoms with Gasteiger partial charge in [0.25, 0.3) is 0 Å². The molecule has 0 amide bonds. The monoisotopic (exact) mass is 297 g/mol. The molecule has 5 N–H and O–H groups in total. The van der Waals surface area contributed by atoms with Crippen LogP contribution in [0.15, 0.2) is 29.5 Å². The smallest absolute Gasteiger partial charge is 0.228 e. The fourth-order valence-corrected chi connectivity index (χ4v) is 2.39. The molecule has 3 rings (SSSR count). The van der Waals surface area contributed by atoms with Crippen molar-refractivity contribution < 1.29 is 4.74 Å². The molecule has 0 aliphatic rings. The predicted octanol–water partition coefficient (Wildman–Crippen LogP) is 2.92. The van der Waals surface area contributed by atoms with Gasteiger partial charge in [-0.25, -0.2) is 5.53 Å². The van der Waals surface area contributed by atoms with E-state index in [9.17, 15) is 0 Å². The molecule has 0 unspecified atom stereocenters. The Kier molecular flexibility index (Phi) is 3.34. The molecule has 8 nitrogen and oxygen atoms in total. The number of benzene rings is 1. The summed E-state index contributed by atoms with van der Waals surface area (Å²) in [5.74, 6) is 0.566. The summed E-state index contributed by atoms with van der Waals surface area (Å²) < 4.78 is 5.31. The number of H-pyrrole nitrogens is 1. The van der Waals surface area contributed by atoms with Gasteiger partial charge in [0.15, 0.2) is 0 Å². The first-order valence-corrected chi connectivity index (χ1v) is 6.56. The molecule has 2 aromatic heterocycles. The molecule has 0 atom stereocenters. The van der Waals surface area contributed by atoms with E-state index in [0.29, 0.717) is 17.2 Å². The van der Waals surface area contributed by atoms with Crippen LogP contribution in [-0.4, -0.2) is 29.1 Å². The Bertz CT molecular complexity index is 856. The summed E-state index contributed by atoms with van der Waals surface area (Å²) in [5, 5.41) is 7.27. The van der Waals surface area contributed by atoms with Crippen LogP contribution in [0, 0.1) is 5.53 Å². The van der Waals surface area contributed by atoms with E-state index < -0.39 is 0 Å². The maximum atomic E-state index is 7.18. The van der Waals surface area contributed by atoms with Crippen LogP contribution in [0.4, 0.5) is 17.3 Å². The minimum atomic E-state index is 0.150. The zero-order chi connectivity index (χ0) is 15.7. The van der Waals surface area contributed by atoms with Crippen molar-refractivity contribution in [2.45, 2.75) is 0 Å². The van der Waals surface area contributed by atoms with Crippen molar-refractivity contribution in [1.29, 1.82) is 5.53 Å². The average molecular weight is 297 g/mol. The summed E-state index contributed by atoms with van der Waals surface area (Å²) in [7, 11) is 3.33. The van der Waals surface area contributed by atoms with Gasteiger partial charge in [0, 0.05) is 18.8 Å². The number of hydrogen-bond donors (Lipinski definition) is 4. The van der Waals surface area contributed by atoms with Crippen LogP contribution in [0.5, 0.6) is 5.88 Å². The van der Waals surface area contributed by atoms with Crippen LogP contribution in [0.2, 0.25) is 0 Å². The lowest BCUT2D eigenvalue weighted by Crippen LogP contribution is -1.98. The molecular weight excluding hydrogens is 282 g/mol. The number of ether oxygens (including phenoxy) is 1. The van der Waals surface area contributed by atoms with Crippen LogP contribution in [0.1, 0.15) is 0 Å². The van der Waals surface area contributed by atoms with E-state index >= 15 is 0 Å². The fourth-order valence-electron chi connectivity index (χ4n) is 2.39. The number of nitrogens with one attached hydrogen (secondary N) is 3. The number of aromatic amines is 1. The number of fused-ring (bicyclic) bond motifs is 1.